The summed E-state index contributed by atoms with van der Waals surface area (Å²) >= 11 is 0. The largest absolute Gasteiger partial charge is 0.506 e. The fraction of sp³-hybridized carbons (Fsp3) is 0.375. The molecule has 0 radical (unpaired) electrons. The van der Waals surface area contributed by atoms with Gasteiger partial charge in [-0.25, -0.2) is 0 Å². The lowest BCUT2D eigenvalue weighted by atomic mass is 10.1. The zero-order chi connectivity index (χ0) is 17.7. The maximum atomic E-state index is 9.94. The van der Waals surface area contributed by atoms with E-state index in [1.54, 1.807) is 26.2 Å². The third-order valence-electron chi connectivity index (χ3n) is 3.69. The molecular formula is C16H21BrN2O4S2. The second kappa shape index (κ2) is 10.2. The van der Waals surface area contributed by atoms with Crippen LogP contribution in [0.2, 0.25) is 0 Å². The number of nitrogens with zero attached hydrogens (tertiary/aromatic N) is 2. The van der Waals surface area contributed by atoms with E-state index < -0.39 is 0 Å². The first-order valence-corrected chi connectivity index (χ1v) is 9.77. The molecule has 0 aliphatic rings. The van der Waals surface area contributed by atoms with Crippen LogP contribution >= 0.6 is 38.6 Å². The lowest BCUT2D eigenvalue weighted by Crippen LogP contribution is -1.98. The van der Waals surface area contributed by atoms with Gasteiger partial charge in [0.05, 0.1) is 24.6 Å². The molecule has 0 aromatic carbocycles. The quantitative estimate of drug-likeness (QED) is 0.377. The van der Waals surface area contributed by atoms with Crippen LogP contribution in [-0.2, 0) is 24.7 Å². The summed E-state index contributed by atoms with van der Waals surface area (Å²) in [5, 5.41) is 38.7. The van der Waals surface area contributed by atoms with Gasteiger partial charge in [0.15, 0.2) is 0 Å². The number of hydrogen-bond donors (Lipinski definition) is 4. The van der Waals surface area contributed by atoms with Gasteiger partial charge in [-0.3, -0.25) is 9.97 Å². The summed E-state index contributed by atoms with van der Waals surface area (Å²) in [4.78, 5) is 8.23. The number of aliphatic hydroxyl groups is 2. The van der Waals surface area contributed by atoms with Crippen molar-refractivity contribution in [1.29, 1.82) is 0 Å². The van der Waals surface area contributed by atoms with Crippen LogP contribution in [0.15, 0.2) is 12.4 Å². The van der Waals surface area contributed by atoms with Gasteiger partial charge in [-0.1, -0.05) is 21.6 Å². The van der Waals surface area contributed by atoms with E-state index in [2.05, 4.69) is 9.97 Å². The SMILES string of the molecule is Br.Cc1ncc(CSSCc2cnc(C)c(O)c2CO)c(CO)c1O. The van der Waals surface area contributed by atoms with Gasteiger partial charge in [-0.2, -0.15) is 0 Å². The Labute approximate surface area is 164 Å². The van der Waals surface area contributed by atoms with E-state index in [1.807, 2.05) is 0 Å². The van der Waals surface area contributed by atoms with Crippen LogP contribution < -0.4 is 0 Å². The number of hydrogen-bond acceptors (Lipinski definition) is 8. The van der Waals surface area contributed by atoms with Gasteiger partial charge in [0.2, 0.25) is 0 Å². The molecule has 2 aromatic heterocycles. The van der Waals surface area contributed by atoms with E-state index in [4.69, 9.17) is 0 Å². The Morgan fingerprint density at radius 2 is 1.16 bits per heavy atom. The van der Waals surface area contributed by atoms with E-state index >= 15 is 0 Å². The highest BCUT2D eigenvalue weighted by molar-refractivity contribution is 8.93. The molecule has 0 saturated carbocycles. The molecule has 0 fully saturated rings. The summed E-state index contributed by atoms with van der Waals surface area (Å²) in [7, 11) is 3.08. The van der Waals surface area contributed by atoms with Crippen molar-refractivity contribution in [2.75, 3.05) is 0 Å². The van der Waals surface area contributed by atoms with E-state index in [-0.39, 0.29) is 41.7 Å². The third-order valence-corrected chi connectivity index (χ3v) is 5.92. The summed E-state index contributed by atoms with van der Waals surface area (Å²) < 4.78 is 0. The van der Waals surface area contributed by atoms with Crippen LogP contribution in [-0.4, -0.2) is 30.4 Å². The average Bonchev–Trinajstić information content (AvgIpc) is 2.58. The Balaban J connectivity index is 0.00000312. The number of aliphatic hydroxyl groups excluding tert-OH is 2. The predicted molar refractivity (Wildman–Crippen MR) is 106 cm³/mol. The molecule has 0 spiro atoms. The fourth-order valence-electron chi connectivity index (χ4n) is 2.18. The van der Waals surface area contributed by atoms with Gasteiger partial charge in [0.1, 0.15) is 11.5 Å². The van der Waals surface area contributed by atoms with Gasteiger partial charge in [-0.05, 0) is 25.0 Å². The van der Waals surface area contributed by atoms with Crippen LogP contribution in [0, 0.1) is 13.8 Å². The molecule has 25 heavy (non-hydrogen) atoms. The van der Waals surface area contributed by atoms with Crippen LogP contribution in [0.5, 0.6) is 11.5 Å². The molecule has 9 heteroatoms. The molecular weight excluding hydrogens is 428 g/mol. The van der Waals surface area contributed by atoms with Gasteiger partial charge >= 0.3 is 0 Å². The number of aryl methyl sites for hydroxylation is 2. The van der Waals surface area contributed by atoms with Crippen LogP contribution in [0.3, 0.4) is 0 Å². The maximum absolute atomic E-state index is 9.94. The summed E-state index contributed by atoms with van der Waals surface area (Å²) in [5.41, 5.74) is 3.56. The van der Waals surface area contributed by atoms with Gasteiger partial charge < -0.3 is 20.4 Å². The molecule has 0 aliphatic carbocycles. The first-order valence-electron chi connectivity index (χ1n) is 7.28. The smallest absolute Gasteiger partial charge is 0.142 e. The molecule has 0 amide bonds. The topological polar surface area (TPSA) is 107 Å². The van der Waals surface area contributed by atoms with E-state index in [0.717, 1.165) is 11.1 Å². The molecule has 138 valence electrons. The normalized spacial score (nSPS) is 10.6. The Morgan fingerprint density at radius 3 is 1.48 bits per heavy atom. The van der Waals surface area contributed by atoms with Crippen LogP contribution in [0.4, 0.5) is 0 Å². The second-order valence-electron chi connectivity index (χ2n) is 5.23. The number of halogens is 1. The standard InChI is InChI=1S/C16H20N2O4S2.BrH/c1-9-15(21)13(5-19)11(3-17-9)7-23-24-8-12-4-18-10(2)16(22)14(12)6-20;/h3-4,19-22H,5-8H2,1-2H3;1H. The number of aromatic hydroxyl groups is 2. The van der Waals surface area contributed by atoms with Crippen molar-refractivity contribution in [2.45, 2.75) is 38.6 Å². The molecule has 2 rings (SSSR count). The molecule has 0 saturated heterocycles. The summed E-state index contributed by atoms with van der Waals surface area (Å²) in [6, 6.07) is 0. The molecule has 4 N–H and O–H groups in total. The van der Waals surface area contributed by atoms with Crippen molar-refractivity contribution >= 4 is 38.6 Å². The molecule has 0 bridgehead atoms. The van der Waals surface area contributed by atoms with Crippen molar-refractivity contribution in [3.8, 4) is 11.5 Å². The van der Waals surface area contributed by atoms with Crippen LogP contribution in [0.1, 0.15) is 33.6 Å². The van der Waals surface area contributed by atoms with Crippen molar-refractivity contribution in [3.05, 3.63) is 46.0 Å². The van der Waals surface area contributed by atoms with E-state index in [1.165, 1.54) is 21.6 Å². The predicted octanol–water partition coefficient (Wildman–Crippen LogP) is 3.15. The first-order chi connectivity index (χ1) is 11.5. The maximum Gasteiger partial charge on any atom is 0.142 e. The minimum atomic E-state index is -0.236. The van der Waals surface area contributed by atoms with E-state index in [0.29, 0.717) is 34.0 Å². The number of pyridine rings is 2. The van der Waals surface area contributed by atoms with Gasteiger partial charge in [-0.15, -0.1) is 17.0 Å². The Bertz CT molecular complexity index is 670. The Morgan fingerprint density at radius 1 is 0.800 bits per heavy atom. The second-order valence-corrected chi connectivity index (χ2v) is 7.70. The Hall–Kier alpha value is -1.00. The molecule has 0 aliphatic heterocycles. The highest BCUT2D eigenvalue weighted by Gasteiger charge is 2.13. The van der Waals surface area contributed by atoms with Crippen molar-refractivity contribution < 1.29 is 20.4 Å². The van der Waals surface area contributed by atoms with Gasteiger partial charge in [0.25, 0.3) is 0 Å². The zero-order valence-corrected chi connectivity index (χ0v) is 17.2. The highest BCUT2D eigenvalue weighted by atomic mass is 79.9. The number of rotatable bonds is 7. The average molecular weight is 449 g/mol. The van der Waals surface area contributed by atoms with Crippen molar-refractivity contribution in [3.63, 3.8) is 0 Å². The summed E-state index contributed by atoms with van der Waals surface area (Å²) in [6.45, 7) is 2.90. The Kier molecular flexibility index (Phi) is 9.01. The molecule has 0 atom stereocenters. The lowest BCUT2D eigenvalue weighted by Gasteiger charge is -2.12. The fourth-order valence-corrected chi connectivity index (χ4v) is 4.36. The number of aromatic nitrogens is 2. The van der Waals surface area contributed by atoms with Crippen molar-refractivity contribution in [1.82, 2.24) is 9.97 Å². The van der Waals surface area contributed by atoms with Gasteiger partial charge in [0, 0.05) is 35.0 Å². The molecule has 6 nitrogen and oxygen atoms in total. The highest BCUT2D eigenvalue weighted by Crippen LogP contribution is 2.35. The monoisotopic (exact) mass is 448 g/mol. The zero-order valence-electron chi connectivity index (χ0n) is 13.9. The molecule has 2 aromatic rings. The minimum absolute atomic E-state index is 0. The molecule has 0 unspecified atom stereocenters. The minimum Gasteiger partial charge on any atom is -0.506 e. The summed E-state index contributed by atoms with van der Waals surface area (Å²) in [6.07, 6.45) is 3.32. The van der Waals surface area contributed by atoms with E-state index in [9.17, 15) is 20.4 Å². The summed E-state index contributed by atoms with van der Waals surface area (Å²) in [5.74, 6) is 1.22. The van der Waals surface area contributed by atoms with Crippen molar-refractivity contribution in [2.24, 2.45) is 0 Å². The van der Waals surface area contributed by atoms with Crippen LogP contribution in [0.25, 0.3) is 0 Å². The molecule has 2 heterocycles. The lowest BCUT2D eigenvalue weighted by molar-refractivity contribution is 0.273. The first kappa shape index (κ1) is 22.0. The third kappa shape index (κ3) is 5.24.